The lowest BCUT2D eigenvalue weighted by molar-refractivity contribution is -0.553. The van der Waals surface area contributed by atoms with Gasteiger partial charge in [-0.2, -0.15) is 85.7 Å². The molecule has 0 rings (SSSR count). The summed E-state index contributed by atoms with van der Waals surface area (Å²) in [5.41, 5.74) is 0. The van der Waals surface area contributed by atoms with Gasteiger partial charge in [-0.05, 0) is 12.5 Å². The van der Waals surface area contributed by atoms with Crippen LogP contribution in [0.1, 0.15) is 6.42 Å². The Balaban J connectivity index is 6.24. The highest BCUT2D eigenvalue weighted by Gasteiger charge is 2.85. The van der Waals surface area contributed by atoms with Crippen molar-refractivity contribution in [3.05, 3.63) is 0 Å². The summed E-state index contributed by atoms with van der Waals surface area (Å²) in [4.78, 5) is 0. The molecule has 0 fully saturated rings. The van der Waals surface area contributed by atoms with Crippen molar-refractivity contribution >= 4 is 18.5 Å². The SMILES string of the molecule is C[Si](C)(Cl)CCCOCC(F)(OC(F)(F)C(F)(OC(F)(F)C(F)(F)C(F)(F)F)C(F)(F)F)C(F)(F)F. The third-order valence-corrected chi connectivity index (χ3v) is 5.90. The van der Waals surface area contributed by atoms with E-state index in [1.807, 2.05) is 0 Å². The third kappa shape index (κ3) is 7.85. The molecule has 2 unspecified atom stereocenters. The number of rotatable bonds is 12. The van der Waals surface area contributed by atoms with Crippen molar-refractivity contribution in [2.45, 2.75) is 73.9 Å². The molecule has 0 aromatic heterocycles. The quantitative estimate of drug-likeness (QED) is 0.0973. The molecule has 36 heavy (non-hydrogen) atoms. The van der Waals surface area contributed by atoms with E-state index in [2.05, 4.69) is 9.47 Å². The van der Waals surface area contributed by atoms with Gasteiger partial charge >= 0.3 is 48.4 Å². The van der Waals surface area contributed by atoms with Gasteiger partial charge in [0.1, 0.15) is 6.61 Å². The van der Waals surface area contributed by atoms with Crippen LogP contribution in [0.2, 0.25) is 19.1 Å². The fraction of sp³-hybridized carbons (Fsp3) is 1.00. The van der Waals surface area contributed by atoms with Crippen molar-refractivity contribution in [3.8, 4) is 0 Å². The second-order valence-electron chi connectivity index (χ2n) is 7.50. The van der Waals surface area contributed by atoms with Gasteiger partial charge in [-0.3, -0.25) is 9.47 Å². The van der Waals surface area contributed by atoms with Gasteiger partial charge in [0.25, 0.3) is 0 Å². The van der Waals surface area contributed by atoms with Crippen LogP contribution >= 0.6 is 11.1 Å². The van der Waals surface area contributed by atoms with Gasteiger partial charge in [-0.25, -0.2) is 0 Å². The number of hydrogen-bond donors (Lipinski definition) is 0. The molecule has 22 heteroatoms. The molecule has 3 nitrogen and oxygen atoms in total. The lowest BCUT2D eigenvalue weighted by Gasteiger charge is -2.40. The number of ether oxygens (including phenoxy) is 3. The monoisotopic (exact) mass is 616 g/mol. The Morgan fingerprint density at radius 2 is 1.06 bits per heavy atom. The molecule has 0 heterocycles. The number of hydrogen-bond acceptors (Lipinski definition) is 3. The largest absolute Gasteiger partial charge is 0.462 e. The summed E-state index contributed by atoms with van der Waals surface area (Å²) in [6, 6.07) is 0.0505. The zero-order valence-corrected chi connectivity index (χ0v) is 19.1. The van der Waals surface area contributed by atoms with Gasteiger partial charge in [-0.1, -0.05) is 13.1 Å². The van der Waals surface area contributed by atoms with Crippen LogP contribution in [-0.4, -0.2) is 69.0 Å². The second kappa shape index (κ2) is 10.4. The topological polar surface area (TPSA) is 27.7 Å². The lowest BCUT2D eigenvalue weighted by atomic mass is 10.2. The summed E-state index contributed by atoms with van der Waals surface area (Å²) in [5.74, 6) is -21.9. The normalized spacial score (nSPS) is 18.7. The van der Waals surface area contributed by atoms with Crippen molar-refractivity contribution in [2.24, 2.45) is 0 Å². The molecule has 0 aromatic rings. The van der Waals surface area contributed by atoms with Crippen molar-refractivity contribution in [1.29, 1.82) is 0 Å². The molecule has 0 saturated heterocycles. The van der Waals surface area contributed by atoms with E-state index < -0.39 is 69.0 Å². The molecule has 0 aromatic carbocycles. The summed E-state index contributed by atoms with van der Waals surface area (Å²) >= 11 is 5.83. The van der Waals surface area contributed by atoms with Gasteiger partial charge in [0.05, 0.1) is 0 Å². The van der Waals surface area contributed by atoms with E-state index in [9.17, 15) is 74.6 Å². The molecule has 0 spiro atoms. The fourth-order valence-electron chi connectivity index (χ4n) is 1.92. The maximum atomic E-state index is 14.2. The van der Waals surface area contributed by atoms with Gasteiger partial charge in [0, 0.05) is 6.61 Å². The minimum absolute atomic E-state index is 0.0505. The summed E-state index contributed by atoms with van der Waals surface area (Å²) in [5, 5.41) is 0. The van der Waals surface area contributed by atoms with Crippen LogP contribution in [0.4, 0.5) is 74.6 Å². The first kappa shape index (κ1) is 35.2. The van der Waals surface area contributed by atoms with Crippen LogP contribution in [0.15, 0.2) is 0 Å². The Bertz CT molecular complexity index is 732. The predicted molar refractivity (Wildman–Crippen MR) is 86.4 cm³/mol. The zero-order chi connectivity index (χ0) is 29.4. The Morgan fingerprint density at radius 3 is 1.39 bits per heavy atom. The smallest absolute Gasteiger partial charge is 0.375 e. The highest BCUT2D eigenvalue weighted by molar-refractivity contribution is 7.19. The van der Waals surface area contributed by atoms with E-state index in [0.717, 1.165) is 0 Å². The molecule has 2 atom stereocenters. The van der Waals surface area contributed by atoms with Gasteiger partial charge in [0.2, 0.25) is 0 Å². The van der Waals surface area contributed by atoms with E-state index in [1.54, 1.807) is 0 Å². The number of alkyl halides is 17. The zero-order valence-electron chi connectivity index (χ0n) is 17.4. The van der Waals surface area contributed by atoms with Crippen molar-refractivity contribution in [2.75, 3.05) is 13.2 Å². The molecule has 0 aliphatic heterocycles. The lowest BCUT2D eigenvalue weighted by Crippen LogP contribution is -2.67. The minimum Gasteiger partial charge on any atom is -0.375 e. The van der Waals surface area contributed by atoms with E-state index in [4.69, 9.17) is 11.1 Å². The first-order valence-electron chi connectivity index (χ1n) is 8.75. The molecular formula is C14H14ClF17O3Si. The Kier molecular flexibility index (Phi) is 10.2. The van der Waals surface area contributed by atoms with Crippen molar-refractivity contribution in [3.63, 3.8) is 0 Å². The molecule has 0 saturated carbocycles. The molecule has 0 amide bonds. The van der Waals surface area contributed by atoms with E-state index in [1.165, 1.54) is 17.8 Å². The molecule has 0 radical (unpaired) electrons. The Hall–Kier alpha value is -0.803. The van der Waals surface area contributed by atoms with E-state index in [0.29, 0.717) is 0 Å². The second-order valence-corrected chi connectivity index (χ2v) is 14.5. The highest BCUT2D eigenvalue weighted by Crippen LogP contribution is 2.56. The molecule has 0 aliphatic rings. The van der Waals surface area contributed by atoms with E-state index >= 15 is 0 Å². The molecule has 0 aliphatic carbocycles. The van der Waals surface area contributed by atoms with Gasteiger partial charge < -0.3 is 4.74 Å². The van der Waals surface area contributed by atoms with Crippen molar-refractivity contribution < 1.29 is 88.8 Å². The van der Waals surface area contributed by atoms with Crippen LogP contribution in [-0.2, 0) is 14.2 Å². The minimum atomic E-state index is -7.89. The van der Waals surface area contributed by atoms with Crippen LogP contribution in [0.25, 0.3) is 0 Å². The van der Waals surface area contributed by atoms with Gasteiger partial charge in [0.15, 0.2) is 7.38 Å². The van der Waals surface area contributed by atoms with Crippen LogP contribution in [0, 0.1) is 0 Å². The predicted octanol–water partition coefficient (Wildman–Crippen LogP) is 7.71. The maximum absolute atomic E-state index is 14.2. The maximum Gasteiger partial charge on any atom is 0.462 e. The average molecular weight is 617 g/mol. The standard InChI is InChI=1S/C14H14ClF17O3Si/c1-36(2,15)5-3-4-33-6-7(16,10(20,21)22)34-14(31,32)9(19,12(26,27)28)35-13(29,30)8(17,18)11(23,24)25/h3-6H2,1-2H3. The summed E-state index contributed by atoms with van der Waals surface area (Å²) in [6.07, 6.45) is -38.0. The summed E-state index contributed by atoms with van der Waals surface area (Å²) in [6.45, 7) is -0.724. The highest BCUT2D eigenvalue weighted by atomic mass is 35.6. The first-order valence-corrected chi connectivity index (χ1v) is 13.0. The van der Waals surface area contributed by atoms with Gasteiger partial charge in [-0.15, -0.1) is 0 Å². The first-order chi connectivity index (χ1) is 15.4. The molecular weight excluding hydrogens is 603 g/mol. The van der Waals surface area contributed by atoms with Crippen molar-refractivity contribution in [1.82, 2.24) is 0 Å². The molecule has 218 valence electrons. The van der Waals surface area contributed by atoms with Crippen LogP contribution in [0.3, 0.4) is 0 Å². The van der Waals surface area contributed by atoms with Crippen LogP contribution in [0.5, 0.6) is 0 Å². The van der Waals surface area contributed by atoms with E-state index in [-0.39, 0.29) is 12.5 Å². The summed E-state index contributed by atoms with van der Waals surface area (Å²) < 4.78 is 228. The van der Waals surface area contributed by atoms with Crippen LogP contribution < -0.4 is 0 Å². The fourth-order valence-corrected chi connectivity index (χ4v) is 3.31. The average Bonchev–Trinajstić information content (AvgIpc) is 2.56. The Labute approximate surface area is 195 Å². The number of halogens is 18. The molecule has 0 N–H and O–H groups in total. The third-order valence-electron chi connectivity index (χ3n) is 3.79. The Morgan fingerprint density at radius 1 is 0.611 bits per heavy atom. The summed E-state index contributed by atoms with van der Waals surface area (Å²) in [7, 11) is -2.40. The molecule has 0 bridgehead atoms.